The third-order valence-electron chi connectivity index (χ3n) is 11.0. The fourth-order valence-corrected chi connectivity index (χ4v) is 11.9. The Morgan fingerprint density at radius 3 is 2.43 bits per heavy atom. The standard InChI is InChI=1S/C39H33N3O7S2/c1-47-22-13-11-21(12-14-22)42-37(44)32-24-17-25(33(32)38(42)45)34-31(24)30(35-36(50-34)41-39(46)51-35)20-10-15-27(28(16-20)48-2)49-18-29(43)40-26-9-5-7-19-6-3-4-8-23(19)26/h3-16,24-25,30-34H,17-18H2,1-2H3,(H,40,43)(H,41,46)/t24?,25?,30-,31?,32?,33?,34?/m1/s1. The van der Waals surface area contributed by atoms with Gasteiger partial charge in [-0.25, -0.2) is 0 Å². The summed E-state index contributed by atoms with van der Waals surface area (Å²) in [5.74, 6) is -0.0875. The number of H-pyrrole nitrogens is 1. The monoisotopic (exact) mass is 719 g/mol. The fraction of sp³-hybridized carbons (Fsp3) is 0.282. The van der Waals surface area contributed by atoms with Crippen LogP contribution in [-0.2, 0) is 14.4 Å². The summed E-state index contributed by atoms with van der Waals surface area (Å²) in [5, 5.41) is 5.79. The number of aromatic amines is 1. The van der Waals surface area contributed by atoms with Gasteiger partial charge in [-0.15, -0.1) is 11.8 Å². The number of hydrogen-bond acceptors (Lipinski definition) is 9. The number of fused-ring (bicyclic) bond motifs is 10. The minimum absolute atomic E-state index is 0.00139. The lowest BCUT2D eigenvalue weighted by Gasteiger charge is -2.43. The van der Waals surface area contributed by atoms with Crippen molar-refractivity contribution >= 4 is 63.0 Å². The molecular formula is C39H33N3O7S2. The molecule has 4 aromatic carbocycles. The normalized spacial score (nSPS) is 25.8. The predicted molar refractivity (Wildman–Crippen MR) is 195 cm³/mol. The van der Waals surface area contributed by atoms with Crippen LogP contribution in [0.25, 0.3) is 10.8 Å². The van der Waals surface area contributed by atoms with Gasteiger partial charge in [-0.2, -0.15) is 0 Å². The highest BCUT2D eigenvalue weighted by molar-refractivity contribution is 8.00. The molecule has 7 atom stereocenters. The van der Waals surface area contributed by atoms with E-state index in [2.05, 4.69) is 10.3 Å². The molecule has 3 fully saturated rings. The summed E-state index contributed by atoms with van der Waals surface area (Å²) in [4.78, 5) is 59.0. The van der Waals surface area contributed by atoms with Gasteiger partial charge in [0.2, 0.25) is 11.8 Å². The summed E-state index contributed by atoms with van der Waals surface area (Å²) in [6.45, 7) is -0.221. The second-order valence-electron chi connectivity index (χ2n) is 13.4. The van der Waals surface area contributed by atoms with Crippen LogP contribution in [0.5, 0.6) is 17.2 Å². The zero-order valence-electron chi connectivity index (χ0n) is 27.7. The van der Waals surface area contributed by atoms with Gasteiger partial charge in [0.15, 0.2) is 18.1 Å². The molecule has 3 heterocycles. The van der Waals surface area contributed by atoms with Crippen molar-refractivity contribution in [2.75, 3.05) is 31.0 Å². The second kappa shape index (κ2) is 12.3. The number of imide groups is 1. The minimum atomic E-state index is -0.420. The fourth-order valence-electron chi connectivity index (χ4n) is 9.04. The molecule has 2 saturated carbocycles. The van der Waals surface area contributed by atoms with Gasteiger partial charge in [0, 0.05) is 27.1 Å². The molecule has 9 rings (SSSR count). The topological polar surface area (TPSA) is 127 Å². The number of benzene rings is 4. The molecule has 3 amide bonds. The first-order valence-corrected chi connectivity index (χ1v) is 18.5. The number of hydrogen-bond donors (Lipinski definition) is 2. The number of aromatic nitrogens is 1. The van der Waals surface area contributed by atoms with E-state index in [1.54, 1.807) is 56.3 Å². The molecule has 0 spiro atoms. The lowest BCUT2D eigenvalue weighted by atomic mass is 9.68. The van der Waals surface area contributed by atoms with Gasteiger partial charge in [0.05, 0.1) is 36.8 Å². The molecule has 51 heavy (non-hydrogen) atoms. The Hall–Kier alpha value is -5.07. The van der Waals surface area contributed by atoms with Crippen molar-refractivity contribution < 1.29 is 28.6 Å². The maximum absolute atomic E-state index is 14.1. The third-order valence-corrected chi connectivity index (χ3v) is 13.6. The Morgan fingerprint density at radius 1 is 0.882 bits per heavy atom. The molecule has 2 aliphatic carbocycles. The van der Waals surface area contributed by atoms with Crippen molar-refractivity contribution in [1.29, 1.82) is 0 Å². The van der Waals surface area contributed by atoms with E-state index in [0.29, 0.717) is 28.6 Å². The van der Waals surface area contributed by atoms with Crippen molar-refractivity contribution in [2.24, 2.45) is 29.6 Å². The molecule has 1 aromatic heterocycles. The first-order chi connectivity index (χ1) is 24.8. The molecule has 258 valence electrons. The quantitative estimate of drug-likeness (QED) is 0.179. The Kier molecular flexibility index (Phi) is 7.69. The van der Waals surface area contributed by atoms with Crippen LogP contribution in [0, 0.1) is 29.6 Å². The molecule has 2 N–H and O–H groups in total. The highest BCUT2D eigenvalue weighted by atomic mass is 32.2. The number of carbonyl (C=O) groups is 3. The lowest BCUT2D eigenvalue weighted by Crippen LogP contribution is -2.42. The number of anilines is 2. The number of thiazole rings is 1. The number of nitrogens with one attached hydrogen (secondary N) is 2. The molecule has 5 aromatic rings. The van der Waals surface area contributed by atoms with Gasteiger partial charge in [0.1, 0.15) is 5.75 Å². The summed E-state index contributed by atoms with van der Waals surface area (Å²) in [5.41, 5.74) is 2.19. The number of nitrogens with zero attached hydrogens (tertiary/aromatic N) is 1. The molecule has 2 aliphatic heterocycles. The third kappa shape index (κ3) is 5.06. The van der Waals surface area contributed by atoms with Crippen LogP contribution in [0.1, 0.15) is 22.8 Å². The van der Waals surface area contributed by atoms with Crippen molar-refractivity contribution in [2.45, 2.75) is 22.6 Å². The first kappa shape index (κ1) is 31.9. The van der Waals surface area contributed by atoms with Gasteiger partial charge in [-0.05, 0) is 77.6 Å². The van der Waals surface area contributed by atoms with Crippen molar-refractivity contribution in [3.8, 4) is 17.2 Å². The van der Waals surface area contributed by atoms with Crippen LogP contribution in [-0.4, -0.2) is 48.8 Å². The van der Waals surface area contributed by atoms with Gasteiger partial charge in [-0.1, -0.05) is 53.8 Å². The zero-order valence-corrected chi connectivity index (χ0v) is 29.3. The Labute approximate surface area is 301 Å². The van der Waals surface area contributed by atoms with Crippen LogP contribution >= 0.6 is 23.1 Å². The molecule has 12 heteroatoms. The largest absolute Gasteiger partial charge is 0.497 e. The van der Waals surface area contributed by atoms with E-state index in [9.17, 15) is 19.2 Å². The van der Waals surface area contributed by atoms with Crippen molar-refractivity contribution in [1.82, 2.24) is 4.98 Å². The average molecular weight is 720 g/mol. The van der Waals surface area contributed by atoms with Gasteiger partial charge in [-0.3, -0.25) is 24.1 Å². The van der Waals surface area contributed by atoms with E-state index in [1.165, 1.54) is 16.2 Å². The number of carbonyl (C=O) groups excluding carboxylic acids is 3. The Bertz CT molecular complexity index is 2280. The Balaban J connectivity index is 0.996. The molecule has 1 saturated heterocycles. The van der Waals surface area contributed by atoms with E-state index in [4.69, 9.17) is 14.2 Å². The summed E-state index contributed by atoms with van der Waals surface area (Å²) in [6.07, 6.45) is 0.783. The van der Waals surface area contributed by atoms with Crippen LogP contribution < -0.4 is 29.3 Å². The highest BCUT2D eigenvalue weighted by Gasteiger charge is 2.69. The Morgan fingerprint density at radius 2 is 1.65 bits per heavy atom. The summed E-state index contributed by atoms with van der Waals surface area (Å²) < 4.78 is 17.1. The summed E-state index contributed by atoms with van der Waals surface area (Å²) in [6, 6.07) is 26.3. The second-order valence-corrected chi connectivity index (χ2v) is 15.6. The maximum atomic E-state index is 14.1. The van der Waals surface area contributed by atoms with Crippen molar-refractivity contribution in [3.63, 3.8) is 0 Å². The molecule has 4 aliphatic rings. The molecule has 6 unspecified atom stereocenters. The molecule has 2 bridgehead atoms. The van der Waals surface area contributed by atoms with Crippen LogP contribution in [0.2, 0.25) is 0 Å². The van der Waals surface area contributed by atoms with Crippen molar-refractivity contribution in [3.05, 3.63) is 105 Å². The average Bonchev–Trinajstić information content (AvgIpc) is 3.89. The maximum Gasteiger partial charge on any atom is 0.305 e. The van der Waals surface area contributed by atoms with Crippen LogP contribution in [0.4, 0.5) is 11.4 Å². The summed E-state index contributed by atoms with van der Waals surface area (Å²) >= 11 is 2.84. The number of rotatable bonds is 8. The predicted octanol–water partition coefficient (Wildman–Crippen LogP) is 6.30. The first-order valence-electron chi connectivity index (χ1n) is 16.8. The number of methoxy groups -OCH3 is 2. The van der Waals surface area contributed by atoms with E-state index < -0.39 is 11.8 Å². The number of ether oxygens (including phenoxy) is 3. The zero-order chi connectivity index (χ0) is 35.0. The summed E-state index contributed by atoms with van der Waals surface area (Å²) in [7, 11) is 3.13. The number of thioether (sulfide) groups is 1. The van der Waals surface area contributed by atoms with Gasteiger partial charge >= 0.3 is 4.87 Å². The lowest BCUT2D eigenvalue weighted by molar-refractivity contribution is -0.123. The van der Waals surface area contributed by atoms with E-state index in [-0.39, 0.29) is 58.1 Å². The smallest absolute Gasteiger partial charge is 0.305 e. The van der Waals surface area contributed by atoms with Crippen LogP contribution in [0.15, 0.2) is 94.7 Å². The molecular weight excluding hydrogens is 687 g/mol. The van der Waals surface area contributed by atoms with Crippen LogP contribution in [0.3, 0.4) is 0 Å². The molecule has 0 radical (unpaired) electrons. The SMILES string of the molecule is COc1ccc(N2C(=O)C3C4CC(C3C2=O)C2C4Sc3[nH]c(=O)sc3[C@@H]2c2ccc(OCC(=O)Nc3cccc4ccccc34)c(OC)c2)cc1. The van der Waals surface area contributed by atoms with Gasteiger partial charge in [0.25, 0.3) is 5.91 Å². The minimum Gasteiger partial charge on any atom is -0.497 e. The van der Waals surface area contributed by atoms with E-state index >= 15 is 0 Å². The molecule has 10 nitrogen and oxygen atoms in total. The highest BCUT2D eigenvalue weighted by Crippen LogP contribution is 2.68. The van der Waals surface area contributed by atoms with E-state index in [1.807, 2.05) is 54.6 Å². The number of amides is 3. The van der Waals surface area contributed by atoms with E-state index in [0.717, 1.165) is 32.7 Å². The van der Waals surface area contributed by atoms with Gasteiger partial charge < -0.3 is 24.5 Å².